The second kappa shape index (κ2) is 13.2. The van der Waals surface area contributed by atoms with Crippen LogP contribution in [0.1, 0.15) is 49.7 Å². The van der Waals surface area contributed by atoms with E-state index in [2.05, 4.69) is 15.6 Å². The van der Waals surface area contributed by atoms with Crippen LogP contribution in [0.25, 0.3) is 0 Å². The summed E-state index contributed by atoms with van der Waals surface area (Å²) in [7, 11) is 0. The lowest BCUT2D eigenvalue weighted by atomic mass is 9.77. The lowest BCUT2D eigenvalue weighted by Crippen LogP contribution is -2.36. The summed E-state index contributed by atoms with van der Waals surface area (Å²) in [5, 5.41) is 25.9. The summed E-state index contributed by atoms with van der Waals surface area (Å²) in [5.74, 6) is 1.23. The van der Waals surface area contributed by atoms with Gasteiger partial charge in [0.25, 0.3) is 11.6 Å². The van der Waals surface area contributed by atoms with E-state index in [0.29, 0.717) is 37.9 Å². The van der Waals surface area contributed by atoms with Crippen molar-refractivity contribution in [2.45, 2.75) is 58.0 Å². The van der Waals surface area contributed by atoms with Gasteiger partial charge in [0.2, 0.25) is 6.29 Å². The first-order chi connectivity index (χ1) is 18.0. The number of allylic oxidation sites excluding steroid dienone is 1. The van der Waals surface area contributed by atoms with E-state index < -0.39 is 11.2 Å². The maximum absolute atomic E-state index is 12.9. The highest BCUT2D eigenvalue weighted by molar-refractivity contribution is 5.91. The van der Waals surface area contributed by atoms with E-state index in [4.69, 9.17) is 9.47 Å². The van der Waals surface area contributed by atoms with Gasteiger partial charge in [-0.1, -0.05) is 43.5 Å². The van der Waals surface area contributed by atoms with Gasteiger partial charge in [0.05, 0.1) is 18.1 Å². The Labute approximate surface area is 216 Å². The highest BCUT2D eigenvalue weighted by Crippen LogP contribution is 2.37. The minimum atomic E-state index is -0.516. The van der Waals surface area contributed by atoms with Crippen LogP contribution in [0.2, 0.25) is 0 Å². The number of hydrogen-bond acceptors (Lipinski definition) is 8. The Morgan fingerprint density at radius 3 is 2.54 bits per heavy atom. The van der Waals surface area contributed by atoms with E-state index in [0.717, 1.165) is 24.0 Å². The predicted molar refractivity (Wildman–Crippen MR) is 137 cm³/mol. The second-order valence-electron chi connectivity index (χ2n) is 9.50. The van der Waals surface area contributed by atoms with E-state index in [1.807, 2.05) is 30.3 Å². The topological polar surface area (TPSA) is 136 Å². The zero-order valence-electron chi connectivity index (χ0n) is 20.8. The average molecular weight is 511 g/mol. The van der Waals surface area contributed by atoms with Crippen molar-refractivity contribution in [3.8, 4) is 0 Å². The van der Waals surface area contributed by atoms with E-state index in [1.54, 1.807) is 0 Å². The predicted octanol–water partition coefficient (Wildman–Crippen LogP) is 4.05. The molecule has 1 aliphatic heterocycles. The molecule has 2 heterocycles. The maximum Gasteiger partial charge on any atom is 0.287 e. The molecule has 1 aromatic carbocycles. The number of carbonyl (C=O) groups excluding carboxylic acids is 1. The zero-order chi connectivity index (χ0) is 26.0. The van der Waals surface area contributed by atoms with Crippen molar-refractivity contribution < 1.29 is 24.3 Å². The van der Waals surface area contributed by atoms with Gasteiger partial charge >= 0.3 is 0 Å². The number of nitrogens with one attached hydrogen (secondary N) is 2. The molecule has 1 aliphatic carbocycles. The number of carbonyl (C=O) groups is 1. The summed E-state index contributed by atoms with van der Waals surface area (Å²) in [4.78, 5) is 27.2. The number of amides is 1. The summed E-state index contributed by atoms with van der Waals surface area (Å²) >= 11 is 0. The van der Waals surface area contributed by atoms with E-state index in [9.17, 15) is 20.0 Å². The van der Waals surface area contributed by atoms with Crippen LogP contribution in [0, 0.1) is 22.0 Å². The Hall–Kier alpha value is -3.50. The van der Waals surface area contributed by atoms with Gasteiger partial charge in [0, 0.05) is 25.6 Å². The number of aliphatic hydroxyl groups excluding tert-OH is 1. The highest BCUT2D eigenvalue weighted by Gasteiger charge is 2.32. The van der Waals surface area contributed by atoms with Crippen molar-refractivity contribution in [1.82, 2.24) is 10.3 Å². The van der Waals surface area contributed by atoms with E-state index in [1.165, 1.54) is 37.6 Å². The first-order valence-corrected chi connectivity index (χ1v) is 12.8. The van der Waals surface area contributed by atoms with Crippen LogP contribution in [0.4, 0.5) is 11.5 Å². The lowest BCUT2D eigenvalue weighted by Gasteiger charge is -2.35. The number of benzene rings is 1. The zero-order valence-corrected chi connectivity index (χ0v) is 20.8. The van der Waals surface area contributed by atoms with Gasteiger partial charge in [-0.05, 0) is 47.9 Å². The van der Waals surface area contributed by atoms with Crippen LogP contribution in [0.3, 0.4) is 0 Å². The Kier molecular flexibility index (Phi) is 9.45. The van der Waals surface area contributed by atoms with Gasteiger partial charge in [-0.25, -0.2) is 4.98 Å². The van der Waals surface area contributed by atoms with Crippen molar-refractivity contribution in [1.29, 1.82) is 0 Å². The number of hydrogen-bond donors (Lipinski definition) is 3. The molecule has 4 rings (SSSR count). The van der Waals surface area contributed by atoms with Gasteiger partial charge < -0.3 is 25.2 Å². The second-order valence-corrected chi connectivity index (χ2v) is 9.50. The molecule has 10 nitrogen and oxygen atoms in total. The van der Waals surface area contributed by atoms with Crippen molar-refractivity contribution in [3.63, 3.8) is 0 Å². The van der Waals surface area contributed by atoms with Gasteiger partial charge in [0.15, 0.2) is 5.76 Å². The number of aromatic nitrogens is 1. The number of anilines is 1. The molecule has 198 valence electrons. The summed E-state index contributed by atoms with van der Waals surface area (Å²) < 4.78 is 12.1. The first kappa shape index (κ1) is 26.6. The van der Waals surface area contributed by atoms with Gasteiger partial charge in [-0.15, -0.1) is 0 Å². The van der Waals surface area contributed by atoms with Crippen LogP contribution in [-0.2, 0) is 27.5 Å². The Bertz CT molecular complexity index is 1070. The van der Waals surface area contributed by atoms with Crippen LogP contribution >= 0.6 is 0 Å². The molecule has 10 heteroatoms. The number of ether oxygens (including phenoxy) is 2. The molecule has 2 aromatic rings. The lowest BCUT2D eigenvalue weighted by molar-refractivity contribution is -0.385. The minimum Gasteiger partial charge on any atom is -0.459 e. The molecule has 3 N–H and O–H groups in total. The third-order valence-electron chi connectivity index (χ3n) is 6.88. The molecule has 0 saturated heterocycles. The number of rotatable bonds is 11. The van der Waals surface area contributed by atoms with Crippen LogP contribution in [-0.4, -0.2) is 40.3 Å². The number of nitrogens with zero attached hydrogens (tertiary/aromatic N) is 2. The maximum atomic E-state index is 12.9. The van der Waals surface area contributed by atoms with Gasteiger partial charge in [0.1, 0.15) is 12.0 Å². The Morgan fingerprint density at radius 1 is 1.11 bits per heavy atom. The monoisotopic (exact) mass is 510 g/mol. The molecule has 1 saturated carbocycles. The fourth-order valence-electron chi connectivity index (χ4n) is 4.82. The number of nitro groups is 1. The first-order valence-electron chi connectivity index (χ1n) is 12.8. The molecule has 0 unspecified atom stereocenters. The molecule has 0 radical (unpaired) electrons. The average Bonchev–Trinajstić information content (AvgIpc) is 2.95. The highest BCUT2D eigenvalue weighted by atomic mass is 16.7. The third-order valence-corrected chi connectivity index (χ3v) is 6.88. The molecule has 0 bridgehead atoms. The SMILES string of the molecule is O=C(NCCNc1ccc([N+](=O)[O-])cn1)C1=C[C@@H](C2CCCCC2)C[C@@H](OCc2ccc(CO)cc2)O1. The largest absolute Gasteiger partial charge is 0.459 e. The van der Waals surface area contributed by atoms with Crippen LogP contribution in [0.5, 0.6) is 0 Å². The number of pyridine rings is 1. The van der Waals surface area contributed by atoms with Gasteiger partial charge in [-0.2, -0.15) is 0 Å². The summed E-state index contributed by atoms with van der Waals surface area (Å²) in [6, 6.07) is 10.5. The molecular weight excluding hydrogens is 476 g/mol. The van der Waals surface area contributed by atoms with Gasteiger partial charge in [-0.3, -0.25) is 14.9 Å². The molecule has 1 aromatic heterocycles. The number of aliphatic hydroxyl groups is 1. The summed E-state index contributed by atoms with van der Waals surface area (Å²) in [5.41, 5.74) is 1.74. The molecule has 2 atom stereocenters. The quantitative estimate of drug-likeness (QED) is 0.234. The normalized spacial score (nSPS) is 20.0. The van der Waals surface area contributed by atoms with Crippen molar-refractivity contribution in [2.75, 3.05) is 18.4 Å². The van der Waals surface area contributed by atoms with E-state index >= 15 is 0 Å². The van der Waals surface area contributed by atoms with Crippen LogP contribution < -0.4 is 10.6 Å². The molecule has 0 spiro atoms. The Balaban J connectivity index is 1.31. The molecule has 2 aliphatic rings. The fraction of sp³-hybridized carbons (Fsp3) is 0.481. The van der Waals surface area contributed by atoms with Crippen molar-refractivity contribution in [3.05, 3.63) is 75.7 Å². The molecule has 1 amide bonds. The van der Waals surface area contributed by atoms with Crippen molar-refractivity contribution in [2.24, 2.45) is 11.8 Å². The van der Waals surface area contributed by atoms with Crippen LogP contribution in [0.15, 0.2) is 54.4 Å². The summed E-state index contributed by atoms with van der Waals surface area (Å²) in [6.45, 7) is 1.09. The van der Waals surface area contributed by atoms with Crippen molar-refractivity contribution >= 4 is 17.4 Å². The molecular formula is C27H34N4O6. The third kappa shape index (κ3) is 7.74. The van der Waals surface area contributed by atoms with E-state index in [-0.39, 0.29) is 29.9 Å². The molecule has 37 heavy (non-hydrogen) atoms. The smallest absolute Gasteiger partial charge is 0.287 e. The standard InChI is InChI=1S/C27H34N4O6/c32-17-19-6-8-20(9-7-19)18-36-26-15-22(21-4-2-1-3-5-21)14-24(37-26)27(33)29-13-12-28-25-11-10-23(16-30-25)31(34)35/h6-11,14,16,21-22,26,32H,1-5,12-13,15,17-18H2,(H,28,30)(H,29,33)/t22-,26+/m1/s1. The Morgan fingerprint density at radius 2 is 1.86 bits per heavy atom. The summed E-state index contributed by atoms with van der Waals surface area (Å²) in [6.07, 6.45) is 9.33. The molecule has 1 fully saturated rings. The minimum absolute atomic E-state index is 0.000876. The fourth-order valence-corrected chi connectivity index (χ4v) is 4.82.